The van der Waals surface area contributed by atoms with Crippen molar-refractivity contribution in [1.82, 2.24) is 0 Å². The van der Waals surface area contributed by atoms with Crippen molar-refractivity contribution >= 4 is 18.6 Å². The standard InChI is InChI=1S/C12H18BNO4/c1-12(2,3)18-11(15)10(14)8-6-4-5-7-9(8)13(16)17/h4-7,10,16-17H,14H2,1-3H3. The maximum Gasteiger partial charge on any atom is 0.488 e. The Bertz CT molecular complexity index is 428. The van der Waals surface area contributed by atoms with Gasteiger partial charge in [-0.3, -0.25) is 0 Å². The topological polar surface area (TPSA) is 92.8 Å². The van der Waals surface area contributed by atoms with Gasteiger partial charge in [0.05, 0.1) is 0 Å². The zero-order valence-electron chi connectivity index (χ0n) is 10.8. The number of ether oxygens (including phenoxy) is 1. The Labute approximate surface area is 107 Å². The van der Waals surface area contributed by atoms with Gasteiger partial charge in [0.2, 0.25) is 0 Å². The van der Waals surface area contributed by atoms with E-state index in [9.17, 15) is 14.8 Å². The summed E-state index contributed by atoms with van der Waals surface area (Å²) >= 11 is 0. The Balaban J connectivity index is 2.97. The molecule has 0 aromatic heterocycles. The maximum absolute atomic E-state index is 11.8. The van der Waals surface area contributed by atoms with Gasteiger partial charge < -0.3 is 20.5 Å². The SMILES string of the molecule is CC(C)(C)OC(=O)C(N)c1ccccc1B(O)O. The van der Waals surface area contributed by atoms with E-state index in [0.717, 1.165) is 0 Å². The highest BCUT2D eigenvalue weighted by Crippen LogP contribution is 2.15. The molecule has 1 rings (SSSR count). The van der Waals surface area contributed by atoms with Crippen LogP contribution in [0.15, 0.2) is 24.3 Å². The molecule has 0 bridgehead atoms. The van der Waals surface area contributed by atoms with Gasteiger partial charge in [-0.25, -0.2) is 4.79 Å². The molecule has 18 heavy (non-hydrogen) atoms. The number of benzene rings is 1. The van der Waals surface area contributed by atoms with Gasteiger partial charge in [-0.15, -0.1) is 0 Å². The molecule has 0 radical (unpaired) electrons. The molecule has 5 nitrogen and oxygen atoms in total. The van der Waals surface area contributed by atoms with E-state index in [0.29, 0.717) is 5.56 Å². The van der Waals surface area contributed by atoms with Gasteiger partial charge in [-0.1, -0.05) is 24.3 Å². The summed E-state index contributed by atoms with van der Waals surface area (Å²) in [4.78, 5) is 11.8. The fraction of sp³-hybridized carbons (Fsp3) is 0.417. The summed E-state index contributed by atoms with van der Waals surface area (Å²) in [6.45, 7) is 5.22. The molecule has 0 aliphatic carbocycles. The van der Waals surface area contributed by atoms with Gasteiger partial charge in [0.25, 0.3) is 0 Å². The van der Waals surface area contributed by atoms with Gasteiger partial charge >= 0.3 is 13.1 Å². The van der Waals surface area contributed by atoms with E-state index in [2.05, 4.69) is 0 Å². The van der Waals surface area contributed by atoms with Gasteiger partial charge in [0.1, 0.15) is 11.6 Å². The molecule has 0 aliphatic heterocycles. The zero-order valence-corrected chi connectivity index (χ0v) is 10.8. The van der Waals surface area contributed by atoms with E-state index >= 15 is 0 Å². The largest absolute Gasteiger partial charge is 0.488 e. The molecule has 0 saturated carbocycles. The summed E-state index contributed by atoms with van der Waals surface area (Å²) < 4.78 is 5.16. The van der Waals surface area contributed by atoms with Crippen LogP contribution in [-0.4, -0.2) is 28.7 Å². The van der Waals surface area contributed by atoms with E-state index in [1.54, 1.807) is 39.0 Å². The molecule has 1 unspecified atom stereocenters. The van der Waals surface area contributed by atoms with Crippen molar-refractivity contribution in [1.29, 1.82) is 0 Å². The molecular formula is C12H18BNO4. The first-order chi connectivity index (χ1) is 8.22. The molecule has 0 heterocycles. The summed E-state index contributed by atoms with van der Waals surface area (Å²) in [5.41, 5.74) is 5.70. The van der Waals surface area contributed by atoms with Crippen LogP contribution in [0.1, 0.15) is 32.4 Å². The first-order valence-electron chi connectivity index (χ1n) is 5.66. The molecule has 1 aromatic rings. The summed E-state index contributed by atoms with van der Waals surface area (Å²) in [5, 5.41) is 18.4. The quantitative estimate of drug-likeness (QED) is 0.507. The normalized spacial score (nSPS) is 13.0. The summed E-state index contributed by atoms with van der Waals surface area (Å²) in [7, 11) is -1.67. The third kappa shape index (κ3) is 3.84. The lowest BCUT2D eigenvalue weighted by molar-refractivity contribution is -0.156. The van der Waals surface area contributed by atoms with E-state index in [4.69, 9.17) is 10.5 Å². The number of hydrogen-bond acceptors (Lipinski definition) is 5. The second kappa shape index (κ2) is 5.52. The maximum atomic E-state index is 11.8. The Morgan fingerprint density at radius 1 is 1.33 bits per heavy atom. The summed E-state index contributed by atoms with van der Waals surface area (Å²) in [6, 6.07) is 5.35. The fourth-order valence-electron chi connectivity index (χ4n) is 1.52. The van der Waals surface area contributed by atoms with Gasteiger partial charge in [0.15, 0.2) is 0 Å². The lowest BCUT2D eigenvalue weighted by Gasteiger charge is -2.23. The Hall–Kier alpha value is -1.37. The smallest absolute Gasteiger partial charge is 0.459 e. The lowest BCUT2D eigenvalue weighted by Crippen LogP contribution is -2.39. The molecule has 4 N–H and O–H groups in total. The van der Waals surface area contributed by atoms with Crippen LogP contribution in [0, 0.1) is 0 Å². The Morgan fingerprint density at radius 3 is 2.39 bits per heavy atom. The van der Waals surface area contributed by atoms with Crippen molar-refractivity contribution in [3.8, 4) is 0 Å². The zero-order chi connectivity index (χ0) is 13.9. The van der Waals surface area contributed by atoms with Crippen LogP contribution >= 0.6 is 0 Å². The van der Waals surface area contributed by atoms with Crippen LogP contribution in [0.2, 0.25) is 0 Å². The molecule has 0 aliphatic rings. The predicted octanol–water partition coefficient (Wildman–Crippen LogP) is -0.292. The van der Waals surface area contributed by atoms with Crippen LogP contribution in [-0.2, 0) is 9.53 Å². The molecule has 98 valence electrons. The van der Waals surface area contributed by atoms with Crippen molar-refractivity contribution in [3.05, 3.63) is 29.8 Å². The molecular weight excluding hydrogens is 233 g/mol. The van der Waals surface area contributed by atoms with Crippen molar-refractivity contribution in [2.24, 2.45) is 5.73 Å². The molecule has 1 atom stereocenters. The highest BCUT2D eigenvalue weighted by molar-refractivity contribution is 6.59. The van der Waals surface area contributed by atoms with E-state index in [1.807, 2.05) is 0 Å². The van der Waals surface area contributed by atoms with E-state index in [-0.39, 0.29) is 5.46 Å². The van der Waals surface area contributed by atoms with Crippen LogP contribution in [0.25, 0.3) is 0 Å². The summed E-state index contributed by atoms with van der Waals surface area (Å²) in [6.07, 6.45) is 0. The average Bonchev–Trinajstić information content (AvgIpc) is 2.25. The molecule has 0 amide bonds. The van der Waals surface area contributed by atoms with Crippen molar-refractivity contribution in [2.45, 2.75) is 32.4 Å². The minimum atomic E-state index is -1.67. The lowest BCUT2D eigenvalue weighted by atomic mass is 9.75. The van der Waals surface area contributed by atoms with E-state index in [1.165, 1.54) is 6.07 Å². The number of carbonyl (C=O) groups excluding carboxylic acids is 1. The number of nitrogens with two attached hydrogens (primary N) is 1. The number of carbonyl (C=O) groups is 1. The second-order valence-corrected chi connectivity index (χ2v) is 5.01. The minimum absolute atomic E-state index is 0.204. The van der Waals surface area contributed by atoms with Crippen molar-refractivity contribution in [3.63, 3.8) is 0 Å². The molecule has 0 spiro atoms. The van der Waals surface area contributed by atoms with Crippen LogP contribution < -0.4 is 11.2 Å². The molecule has 6 heteroatoms. The van der Waals surface area contributed by atoms with Crippen LogP contribution in [0.3, 0.4) is 0 Å². The van der Waals surface area contributed by atoms with Gasteiger partial charge in [-0.05, 0) is 31.8 Å². The van der Waals surface area contributed by atoms with E-state index < -0.39 is 24.7 Å². The van der Waals surface area contributed by atoms with Crippen LogP contribution in [0.4, 0.5) is 0 Å². The first kappa shape index (κ1) is 14.7. The molecule has 1 aromatic carbocycles. The fourth-order valence-corrected chi connectivity index (χ4v) is 1.52. The van der Waals surface area contributed by atoms with Crippen LogP contribution in [0.5, 0.6) is 0 Å². The Morgan fingerprint density at radius 2 is 1.89 bits per heavy atom. The third-order valence-corrected chi connectivity index (χ3v) is 2.27. The van der Waals surface area contributed by atoms with Crippen molar-refractivity contribution < 1.29 is 19.6 Å². The summed E-state index contributed by atoms with van der Waals surface area (Å²) in [5.74, 6) is -0.601. The third-order valence-electron chi connectivity index (χ3n) is 2.27. The monoisotopic (exact) mass is 251 g/mol. The predicted molar refractivity (Wildman–Crippen MR) is 69.0 cm³/mol. The molecule has 0 fully saturated rings. The highest BCUT2D eigenvalue weighted by Gasteiger charge is 2.27. The number of esters is 1. The first-order valence-corrected chi connectivity index (χ1v) is 5.66. The van der Waals surface area contributed by atoms with Crippen molar-refractivity contribution in [2.75, 3.05) is 0 Å². The Kier molecular flexibility index (Phi) is 4.50. The number of rotatable bonds is 3. The minimum Gasteiger partial charge on any atom is -0.459 e. The highest BCUT2D eigenvalue weighted by atomic mass is 16.6. The second-order valence-electron chi connectivity index (χ2n) is 5.01. The average molecular weight is 251 g/mol. The van der Waals surface area contributed by atoms with Gasteiger partial charge in [0, 0.05) is 0 Å². The van der Waals surface area contributed by atoms with Gasteiger partial charge in [-0.2, -0.15) is 0 Å². The number of hydrogen-bond donors (Lipinski definition) is 3. The molecule has 0 saturated heterocycles.